The zero-order valence-corrected chi connectivity index (χ0v) is 15.6. The van der Waals surface area contributed by atoms with Gasteiger partial charge in [-0.3, -0.25) is 19.7 Å². The van der Waals surface area contributed by atoms with Crippen LogP contribution in [0.4, 0.5) is 22.7 Å². The Balaban J connectivity index is 1.59. The molecule has 0 saturated carbocycles. The minimum absolute atomic E-state index is 0.0645. The van der Waals surface area contributed by atoms with Gasteiger partial charge >= 0.3 is 0 Å². The normalized spacial score (nSPS) is 10.2. The predicted molar refractivity (Wildman–Crippen MR) is 107 cm³/mol. The molecule has 9 heteroatoms. The Kier molecular flexibility index (Phi) is 7.92. The summed E-state index contributed by atoms with van der Waals surface area (Å²) in [4.78, 5) is 33.1. The average Bonchev–Trinajstić information content (AvgIpc) is 2.66. The van der Waals surface area contributed by atoms with Crippen LogP contribution in [0, 0.1) is 10.1 Å². The number of anilines is 3. The summed E-state index contributed by atoms with van der Waals surface area (Å²) < 4.78 is 0. The van der Waals surface area contributed by atoms with Crippen LogP contribution in [0.25, 0.3) is 0 Å². The number of carbonyl (C=O) groups excluding carboxylic acids is 2. The highest BCUT2D eigenvalue weighted by Gasteiger charge is 2.06. The van der Waals surface area contributed by atoms with Crippen molar-refractivity contribution in [3.8, 4) is 0 Å². The zero-order valence-electron chi connectivity index (χ0n) is 15.6. The van der Waals surface area contributed by atoms with Crippen molar-refractivity contribution in [2.24, 2.45) is 0 Å². The van der Waals surface area contributed by atoms with Crippen molar-refractivity contribution in [1.82, 2.24) is 0 Å². The molecule has 0 spiro atoms. The van der Waals surface area contributed by atoms with E-state index in [4.69, 9.17) is 0 Å². The lowest BCUT2D eigenvalue weighted by Crippen LogP contribution is -2.86. The maximum Gasteiger partial charge on any atom is 0.279 e. The SMILES string of the molecule is CC(=O)Nc1ccc(NC(=O)C[NH2+]CCCNc2ccc([N+](=O)[O-])cc2)cc1. The maximum absolute atomic E-state index is 11.9. The van der Waals surface area contributed by atoms with Crippen molar-refractivity contribution in [3.05, 3.63) is 58.6 Å². The highest BCUT2D eigenvalue weighted by molar-refractivity contribution is 5.92. The molecule has 0 saturated heterocycles. The van der Waals surface area contributed by atoms with Crippen LogP contribution in [-0.2, 0) is 9.59 Å². The number of nitrogens with one attached hydrogen (secondary N) is 3. The third kappa shape index (κ3) is 7.42. The van der Waals surface area contributed by atoms with E-state index in [9.17, 15) is 19.7 Å². The lowest BCUT2D eigenvalue weighted by atomic mass is 10.2. The number of hydrogen-bond acceptors (Lipinski definition) is 5. The quantitative estimate of drug-likeness (QED) is 0.280. The second-order valence-electron chi connectivity index (χ2n) is 6.17. The second-order valence-corrected chi connectivity index (χ2v) is 6.17. The Morgan fingerprint density at radius 1 is 0.964 bits per heavy atom. The number of nitrogens with two attached hydrogens (primary N) is 1. The van der Waals surface area contributed by atoms with Crippen molar-refractivity contribution >= 4 is 34.6 Å². The number of carbonyl (C=O) groups is 2. The molecule has 28 heavy (non-hydrogen) atoms. The van der Waals surface area contributed by atoms with Crippen LogP contribution >= 0.6 is 0 Å². The van der Waals surface area contributed by atoms with Gasteiger partial charge in [0.2, 0.25) is 5.91 Å². The molecule has 0 fully saturated rings. The van der Waals surface area contributed by atoms with Gasteiger partial charge in [0.05, 0.1) is 11.5 Å². The summed E-state index contributed by atoms with van der Waals surface area (Å²) in [5.74, 6) is -0.245. The zero-order chi connectivity index (χ0) is 20.4. The lowest BCUT2D eigenvalue weighted by Gasteiger charge is -2.07. The summed E-state index contributed by atoms with van der Waals surface area (Å²) in [6.45, 7) is 3.23. The Labute approximate surface area is 162 Å². The molecule has 0 aliphatic rings. The number of amides is 2. The molecular formula is C19H24N5O4+. The molecule has 0 unspecified atom stereocenters. The van der Waals surface area contributed by atoms with Gasteiger partial charge in [0.15, 0.2) is 6.54 Å². The number of nitro groups is 1. The van der Waals surface area contributed by atoms with E-state index in [1.807, 2.05) is 5.32 Å². The first-order chi connectivity index (χ1) is 13.4. The third-order valence-corrected chi connectivity index (χ3v) is 3.81. The van der Waals surface area contributed by atoms with Gasteiger partial charge in [0, 0.05) is 49.1 Å². The first kappa shape index (κ1) is 20.8. The summed E-state index contributed by atoms with van der Waals surface area (Å²) in [7, 11) is 0. The molecule has 9 nitrogen and oxygen atoms in total. The fourth-order valence-corrected chi connectivity index (χ4v) is 2.47. The fraction of sp³-hybridized carbons (Fsp3) is 0.263. The third-order valence-electron chi connectivity index (χ3n) is 3.81. The van der Waals surface area contributed by atoms with Gasteiger partial charge in [-0.1, -0.05) is 0 Å². The van der Waals surface area contributed by atoms with Crippen LogP contribution in [-0.4, -0.2) is 36.4 Å². The van der Waals surface area contributed by atoms with Crippen LogP contribution in [0.3, 0.4) is 0 Å². The summed E-state index contributed by atoms with van der Waals surface area (Å²) in [5.41, 5.74) is 2.24. The number of nitro benzene ring substituents is 1. The molecule has 0 atom stereocenters. The van der Waals surface area contributed by atoms with Crippen molar-refractivity contribution in [2.75, 3.05) is 35.6 Å². The summed E-state index contributed by atoms with van der Waals surface area (Å²) in [5, 5.41) is 21.2. The second kappa shape index (κ2) is 10.6. The molecule has 0 heterocycles. The molecule has 5 N–H and O–H groups in total. The molecule has 0 aliphatic carbocycles. The van der Waals surface area contributed by atoms with Crippen LogP contribution < -0.4 is 21.3 Å². The fourth-order valence-electron chi connectivity index (χ4n) is 2.47. The van der Waals surface area contributed by atoms with Crippen molar-refractivity contribution < 1.29 is 19.8 Å². The van der Waals surface area contributed by atoms with Crippen LogP contribution in [0.2, 0.25) is 0 Å². The Bertz CT molecular complexity index is 806. The molecule has 0 aromatic heterocycles. The Hall–Kier alpha value is -3.46. The molecule has 2 rings (SSSR count). The molecule has 0 radical (unpaired) electrons. The number of rotatable bonds is 10. The molecular weight excluding hydrogens is 362 g/mol. The van der Waals surface area contributed by atoms with E-state index in [1.165, 1.54) is 19.1 Å². The van der Waals surface area contributed by atoms with Crippen LogP contribution in [0.5, 0.6) is 0 Å². The number of nitrogens with zero attached hydrogens (tertiary/aromatic N) is 1. The number of benzene rings is 2. The highest BCUT2D eigenvalue weighted by atomic mass is 16.6. The van der Waals surface area contributed by atoms with Gasteiger partial charge < -0.3 is 21.3 Å². The first-order valence-corrected chi connectivity index (χ1v) is 8.91. The lowest BCUT2D eigenvalue weighted by molar-refractivity contribution is -0.643. The largest absolute Gasteiger partial charge is 0.385 e. The van der Waals surface area contributed by atoms with Gasteiger partial charge in [-0.2, -0.15) is 0 Å². The van der Waals surface area contributed by atoms with Crippen LogP contribution in [0.15, 0.2) is 48.5 Å². The highest BCUT2D eigenvalue weighted by Crippen LogP contribution is 2.15. The molecule has 148 valence electrons. The van der Waals surface area contributed by atoms with E-state index in [0.717, 1.165) is 18.7 Å². The number of non-ortho nitro benzene ring substituents is 1. The van der Waals surface area contributed by atoms with Crippen molar-refractivity contribution in [1.29, 1.82) is 0 Å². The molecule has 2 aromatic carbocycles. The number of hydrogen-bond donors (Lipinski definition) is 4. The van der Waals surface area contributed by atoms with E-state index in [1.54, 1.807) is 36.4 Å². The van der Waals surface area contributed by atoms with E-state index in [2.05, 4.69) is 16.0 Å². The summed E-state index contributed by atoms with van der Waals surface area (Å²) in [6.07, 6.45) is 0.843. The minimum atomic E-state index is -0.429. The van der Waals surface area contributed by atoms with Gasteiger partial charge in [0.25, 0.3) is 11.6 Å². The van der Waals surface area contributed by atoms with E-state index < -0.39 is 4.92 Å². The van der Waals surface area contributed by atoms with Crippen molar-refractivity contribution in [2.45, 2.75) is 13.3 Å². The topological polar surface area (TPSA) is 130 Å². The number of quaternary nitrogens is 1. The molecule has 2 aromatic rings. The smallest absolute Gasteiger partial charge is 0.279 e. The van der Waals surface area contributed by atoms with Gasteiger partial charge in [-0.25, -0.2) is 0 Å². The predicted octanol–water partition coefficient (Wildman–Crippen LogP) is 1.56. The monoisotopic (exact) mass is 386 g/mol. The average molecular weight is 386 g/mol. The summed E-state index contributed by atoms with van der Waals surface area (Å²) >= 11 is 0. The van der Waals surface area contributed by atoms with E-state index in [0.29, 0.717) is 24.5 Å². The maximum atomic E-state index is 11.9. The Morgan fingerprint density at radius 3 is 2.11 bits per heavy atom. The van der Waals surface area contributed by atoms with Gasteiger partial charge in [-0.05, 0) is 36.4 Å². The van der Waals surface area contributed by atoms with E-state index in [-0.39, 0.29) is 17.5 Å². The first-order valence-electron chi connectivity index (χ1n) is 8.91. The van der Waals surface area contributed by atoms with Gasteiger partial charge in [0.1, 0.15) is 0 Å². The van der Waals surface area contributed by atoms with Crippen LogP contribution in [0.1, 0.15) is 13.3 Å². The molecule has 0 bridgehead atoms. The molecule has 2 amide bonds. The molecule has 0 aliphatic heterocycles. The summed E-state index contributed by atoms with van der Waals surface area (Å²) in [6, 6.07) is 13.2. The van der Waals surface area contributed by atoms with E-state index >= 15 is 0 Å². The minimum Gasteiger partial charge on any atom is -0.385 e. The van der Waals surface area contributed by atoms with Crippen molar-refractivity contribution in [3.63, 3.8) is 0 Å². The standard InChI is InChI=1S/C19H23N5O4/c1-14(25)22-16-3-5-17(6-4-16)23-19(26)13-20-11-2-12-21-15-7-9-18(10-8-15)24(27)28/h3-10,20-21H,2,11-13H2,1H3,(H,22,25)(H,23,26)/p+1. The van der Waals surface area contributed by atoms with Gasteiger partial charge in [-0.15, -0.1) is 0 Å². The Morgan fingerprint density at radius 2 is 1.54 bits per heavy atom.